The molecule has 1 amide bonds. The zero-order valence-electron chi connectivity index (χ0n) is 17.4. The van der Waals surface area contributed by atoms with Crippen molar-refractivity contribution in [1.29, 1.82) is 0 Å². The molecule has 0 aliphatic rings. The molecule has 7 heteroatoms. The summed E-state index contributed by atoms with van der Waals surface area (Å²) in [6, 6.07) is 20.8. The van der Waals surface area contributed by atoms with Gasteiger partial charge in [0.25, 0.3) is 5.91 Å². The van der Waals surface area contributed by atoms with E-state index in [0.29, 0.717) is 33.4 Å². The summed E-state index contributed by atoms with van der Waals surface area (Å²) >= 11 is 6.35. The van der Waals surface area contributed by atoms with Crippen molar-refractivity contribution < 1.29 is 9.53 Å². The fraction of sp³-hybridized carbons (Fsp3) is 0.208. The van der Waals surface area contributed by atoms with Crippen molar-refractivity contribution in [1.82, 2.24) is 15.0 Å². The first-order chi connectivity index (χ1) is 15.0. The van der Waals surface area contributed by atoms with Gasteiger partial charge in [0.15, 0.2) is 6.61 Å². The second-order valence-electron chi connectivity index (χ2n) is 7.36. The molecule has 0 aliphatic carbocycles. The van der Waals surface area contributed by atoms with Gasteiger partial charge in [0.1, 0.15) is 16.8 Å². The Labute approximate surface area is 185 Å². The van der Waals surface area contributed by atoms with Crippen LogP contribution in [0, 0.1) is 0 Å². The Morgan fingerprint density at radius 3 is 2.42 bits per heavy atom. The summed E-state index contributed by atoms with van der Waals surface area (Å²) < 4.78 is 5.61. The molecule has 0 saturated heterocycles. The molecule has 4 aromatic rings. The molecule has 4 rings (SSSR count). The summed E-state index contributed by atoms with van der Waals surface area (Å²) in [5.41, 5.74) is 3.83. The highest BCUT2D eigenvalue weighted by Crippen LogP contribution is 2.27. The summed E-state index contributed by atoms with van der Waals surface area (Å²) in [4.78, 5) is 13.9. The first kappa shape index (κ1) is 20.9. The highest BCUT2D eigenvalue weighted by atomic mass is 35.5. The van der Waals surface area contributed by atoms with E-state index in [1.165, 1.54) is 5.56 Å². The van der Waals surface area contributed by atoms with Crippen LogP contribution in [0.15, 0.2) is 66.7 Å². The van der Waals surface area contributed by atoms with E-state index in [1.54, 1.807) is 16.9 Å². The Hall–Kier alpha value is -3.38. The van der Waals surface area contributed by atoms with Gasteiger partial charge < -0.3 is 10.1 Å². The molecule has 6 nitrogen and oxygen atoms in total. The van der Waals surface area contributed by atoms with Crippen LogP contribution in [-0.2, 0) is 4.79 Å². The van der Waals surface area contributed by atoms with Crippen LogP contribution in [0.5, 0.6) is 5.75 Å². The second kappa shape index (κ2) is 9.18. The molecule has 0 spiro atoms. The number of halogens is 1. The molecule has 0 bridgehead atoms. The molecule has 0 fully saturated rings. The van der Waals surface area contributed by atoms with Crippen molar-refractivity contribution in [3.8, 4) is 11.4 Å². The summed E-state index contributed by atoms with van der Waals surface area (Å²) in [6.45, 7) is 4.22. The molecule has 1 unspecified atom stereocenters. The number of amides is 1. The number of anilines is 1. The zero-order chi connectivity index (χ0) is 21.8. The van der Waals surface area contributed by atoms with Crippen molar-refractivity contribution in [2.24, 2.45) is 0 Å². The van der Waals surface area contributed by atoms with Gasteiger partial charge in [0.05, 0.1) is 16.4 Å². The fourth-order valence-electron chi connectivity index (χ4n) is 3.17. The number of para-hydroxylation sites is 1. The van der Waals surface area contributed by atoms with Crippen molar-refractivity contribution in [3.05, 3.63) is 77.3 Å². The first-order valence-corrected chi connectivity index (χ1v) is 10.6. The lowest BCUT2D eigenvalue weighted by Crippen LogP contribution is -2.20. The molecule has 1 atom stereocenters. The third-order valence-corrected chi connectivity index (χ3v) is 5.47. The van der Waals surface area contributed by atoms with Gasteiger partial charge in [-0.15, -0.1) is 10.2 Å². The number of fused-ring (bicyclic) bond motifs is 1. The number of aromatic nitrogens is 3. The van der Waals surface area contributed by atoms with E-state index in [9.17, 15) is 4.79 Å². The van der Waals surface area contributed by atoms with Crippen LogP contribution in [0.2, 0.25) is 5.02 Å². The van der Waals surface area contributed by atoms with Gasteiger partial charge >= 0.3 is 0 Å². The molecule has 0 radical (unpaired) electrons. The third-order valence-electron chi connectivity index (χ3n) is 5.16. The van der Waals surface area contributed by atoms with Gasteiger partial charge in [-0.05, 0) is 54.3 Å². The molecule has 1 heterocycles. The molecule has 0 aliphatic heterocycles. The molecule has 3 aromatic carbocycles. The van der Waals surface area contributed by atoms with E-state index in [2.05, 4.69) is 29.4 Å². The van der Waals surface area contributed by atoms with Crippen LogP contribution >= 0.6 is 11.6 Å². The number of carbonyl (C=O) groups is 1. The van der Waals surface area contributed by atoms with Crippen LogP contribution < -0.4 is 10.1 Å². The average molecular weight is 435 g/mol. The van der Waals surface area contributed by atoms with Crippen molar-refractivity contribution in [2.75, 3.05) is 11.9 Å². The molecule has 158 valence electrons. The van der Waals surface area contributed by atoms with E-state index >= 15 is 0 Å². The van der Waals surface area contributed by atoms with Crippen molar-refractivity contribution in [2.45, 2.75) is 26.2 Å². The van der Waals surface area contributed by atoms with E-state index in [-0.39, 0.29) is 12.5 Å². The Morgan fingerprint density at radius 2 is 1.74 bits per heavy atom. The maximum absolute atomic E-state index is 12.4. The van der Waals surface area contributed by atoms with E-state index in [4.69, 9.17) is 16.3 Å². The maximum atomic E-state index is 12.4. The zero-order valence-corrected chi connectivity index (χ0v) is 18.1. The fourth-order valence-corrected chi connectivity index (χ4v) is 3.38. The summed E-state index contributed by atoms with van der Waals surface area (Å²) in [5.74, 6) is 0.839. The standard InChI is InChI=1S/C24H23ClN4O2/c1-3-16(2)17-9-11-19(12-10-17)31-15-24(30)26-21-14-23-22(13-20(21)25)27-29(28-23)18-7-5-4-6-8-18/h4-14,16H,3,15H2,1-2H3,(H,26,30). The van der Waals surface area contributed by atoms with E-state index < -0.39 is 0 Å². The Balaban J connectivity index is 1.43. The third kappa shape index (κ3) is 4.86. The first-order valence-electron chi connectivity index (χ1n) is 10.2. The van der Waals surface area contributed by atoms with E-state index in [0.717, 1.165) is 12.1 Å². The number of rotatable bonds is 7. The maximum Gasteiger partial charge on any atom is 0.262 e. The summed E-state index contributed by atoms with van der Waals surface area (Å²) in [6.07, 6.45) is 1.08. The van der Waals surface area contributed by atoms with Gasteiger partial charge in [0.2, 0.25) is 0 Å². The largest absolute Gasteiger partial charge is 0.484 e. The SMILES string of the molecule is CCC(C)c1ccc(OCC(=O)Nc2cc3nn(-c4ccccc4)nc3cc2Cl)cc1. The van der Waals surface area contributed by atoms with Crippen LogP contribution in [-0.4, -0.2) is 27.5 Å². The molecular formula is C24H23ClN4O2. The minimum Gasteiger partial charge on any atom is -0.484 e. The predicted molar refractivity (Wildman–Crippen MR) is 123 cm³/mol. The van der Waals surface area contributed by atoms with Gasteiger partial charge in [-0.1, -0.05) is 55.8 Å². The minimum absolute atomic E-state index is 0.117. The molecule has 1 N–H and O–H groups in total. The average Bonchev–Trinajstić information content (AvgIpc) is 3.21. The molecular weight excluding hydrogens is 412 g/mol. The van der Waals surface area contributed by atoms with Gasteiger partial charge in [0, 0.05) is 0 Å². The highest BCUT2D eigenvalue weighted by Gasteiger charge is 2.12. The molecule has 0 saturated carbocycles. The Kier molecular flexibility index (Phi) is 6.18. The number of nitrogens with zero attached hydrogens (tertiary/aromatic N) is 3. The Morgan fingerprint density at radius 1 is 1.06 bits per heavy atom. The van der Waals surface area contributed by atoms with E-state index in [1.807, 2.05) is 54.6 Å². The predicted octanol–water partition coefficient (Wildman–Crippen LogP) is 5.60. The lowest BCUT2D eigenvalue weighted by atomic mass is 9.99. The van der Waals surface area contributed by atoms with Crippen LogP contribution in [0.3, 0.4) is 0 Å². The topological polar surface area (TPSA) is 69.0 Å². The second-order valence-corrected chi connectivity index (χ2v) is 7.77. The van der Waals surface area contributed by atoms with Crippen LogP contribution in [0.4, 0.5) is 5.69 Å². The normalized spacial score (nSPS) is 12.0. The minimum atomic E-state index is -0.303. The number of nitrogens with one attached hydrogen (secondary N) is 1. The van der Waals surface area contributed by atoms with Crippen molar-refractivity contribution >= 4 is 34.2 Å². The number of carbonyl (C=O) groups excluding carboxylic acids is 1. The lowest BCUT2D eigenvalue weighted by Gasteiger charge is -2.11. The van der Waals surface area contributed by atoms with Crippen LogP contribution in [0.25, 0.3) is 16.7 Å². The lowest BCUT2D eigenvalue weighted by molar-refractivity contribution is -0.118. The Bertz CT molecular complexity index is 1190. The number of hydrogen-bond acceptors (Lipinski definition) is 4. The molecule has 1 aromatic heterocycles. The van der Waals surface area contributed by atoms with Crippen LogP contribution in [0.1, 0.15) is 31.7 Å². The number of hydrogen-bond donors (Lipinski definition) is 1. The van der Waals surface area contributed by atoms with Gasteiger partial charge in [-0.25, -0.2) is 0 Å². The quantitative estimate of drug-likeness (QED) is 0.410. The summed E-state index contributed by atoms with van der Waals surface area (Å²) in [7, 11) is 0. The number of benzene rings is 3. The molecule has 31 heavy (non-hydrogen) atoms. The van der Waals surface area contributed by atoms with Gasteiger partial charge in [-0.2, -0.15) is 4.80 Å². The smallest absolute Gasteiger partial charge is 0.262 e. The number of ether oxygens (including phenoxy) is 1. The summed E-state index contributed by atoms with van der Waals surface area (Å²) in [5, 5.41) is 12.1. The highest BCUT2D eigenvalue weighted by molar-refractivity contribution is 6.34. The van der Waals surface area contributed by atoms with Crippen molar-refractivity contribution in [3.63, 3.8) is 0 Å². The van der Waals surface area contributed by atoms with Gasteiger partial charge in [-0.3, -0.25) is 4.79 Å². The monoisotopic (exact) mass is 434 g/mol.